The summed E-state index contributed by atoms with van der Waals surface area (Å²) in [6.45, 7) is 0.581. The lowest BCUT2D eigenvalue weighted by Gasteiger charge is -2.08. The third-order valence-electron chi connectivity index (χ3n) is 2.26. The average molecular weight is 178 g/mol. The Bertz CT molecular complexity index is 363. The van der Waals surface area contributed by atoms with E-state index >= 15 is 0 Å². The van der Waals surface area contributed by atoms with Gasteiger partial charge in [0, 0.05) is 17.8 Å². The number of anilines is 1. The molecule has 0 amide bonds. The molecule has 0 spiro atoms. The van der Waals surface area contributed by atoms with Crippen molar-refractivity contribution in [1.82, 2.24) is 5.32 Å². The van der Waals surface area contributed by atoms with Crippen LogP contribution in [0.4, 0.5) is 5.69 Å². The molecule has 4 heteroatoms. The van der Waals surface area contributed by atoms with Crippen LogP contribution in [0.2, 0.25) is 0 Å². The molecule has 1 unspecified atom stereocenters. The van der Waals surface area contributed by atoms with Crippen molar-refractivity contribution in [3.63, 3.8) is 0 Å². The largest absolute Gasteiger partial charge is 0.480 e. The molecule has 13 heavy (non-hydrogen) atoms. The van der Waals surface area contributed by atoms with Crippen molar-refractivity contribution in [3.05, 3.63) is 29.3 Å². The average Bonchev–Trinajstić information content (AvgIpc) is 2.49. The van der Waals surface area contributed by atoms with Crippen LogP contribution in [-0.2, 0) is 11.3 Å². The summed E-state index contributed by atoms with van der Waals surface area (Å²) < 4.78 is 0. The van der Waals surface area contributed by atoms with Gasteiger partial charge in [0.05, 0.1) is 0 Å². The molecule has 4 nitrogen and oxygen atoms in total. The molecule has 0 aromatic heterocycles. The van der Waals surface area contributed by atoms with Crippen molar-refractivity contribution < 1.29 is 9.90 Å². The smallest absolute Gasteiger partial charge is 0.325 e. The van der Waals surface area contributed by atoms with E-state index < -0.39 is 12.0 Å². The van der Waals surface area contributed by atoms with E-state index in [2.05, 4.69) is 5.32 Å². The van der Waals surface area contributed by atoms with E-state index in [0.29, 0.717) is 12.2 Å². The lowest BCUT2D eigenvalue weighted by molar-refractivity contribution is -0.139. The molecule has 1 aliphatic heterocycles. The Kier molecular flexibility index (Phi) is 1.70. The first kappa shape index (κ1) is 8.07. The van der Waals surface area contributed by atoms with Crippen molar-refractivity contribution in [2.24, 2.45) is 0 Å². The van der Waals surface area contributed by atoms with Crippen LogP contribution >= 0.6 is 0 Å². The highest BCUT2D eigenvalue weighted by atomic mass is 16.4. The molecule has 0 saturated carbocycles. The monoisotopic (exact) mass is 178 g/mol. The summed E-state index contributed by atoms with van der Waals surface area (Å²) in [6.07, 6.45) is 0. The van der Waals surface area contributed by atoms with E-state index in [0.717, 1.165) is 11.1 Å². The third kappa shape index (κ3) is 1.15. The number of hydrogen-bond acceptors (Lipinski definition) is 3. The molecular weight excluding hydrogens is 168 g/mol. The molecule has 0 aliphatic carbocycles. The topological polar surface area (TPSA) is 75.4 Å². The van der Waals surface area contributed by atoms with Gasteiger partial charge in [-0.2, -0.15) is 0 Å². The number of rotatable bonds is 1. The number of hydrogen-bond donors (Lipinski definition) is 3. The number of aliphatic carboxylic acids is 1. The maximum Gasteiger partial charge on any atom is 0.325 e. The van der Waals surface area contributed by atoms with E-state index in [1.165, 1.54) is 0 Å². The second kappa shape index (κ2) is 2.74. The zero-order valence-corrected chi connectivity index (χ0v) is 6.95. The molecule has 0 radical (unpaired) electrons. The molecule has 68 valence electrons. The van der Waals surface area contributed by atoms with Gasteiger partial charge in [0.15, 0.2) is 0 Å². The summed E-state index contributed by atoms with van der Waals surface area (Å²) in [4.78, 5) is 10.8. The van der Waals surface area contributed by atoms with Crippen molar-refractivity contribution in [2.45, 2.75) is 12.6 Å². The minimum Gasteiger partial charge on any atom is -0.480 e. The predicted octanol–water partition coefficient (Wildman–Crippen LogP) is 0.498. The Labute approximate surface area is 75.4 Å². The molecule has 1 aliphatic rings. The van der Waals surface area contributed by atoms with Crippen molar-refractivity contribution in [2.75, 3.05) is 5.73 Å². The van der Waals surface area contributed by atoms with Gasteiger partial charge in [0.2, 0.25) is 0 Å². The normalized spacial score (nSPS) is 19.8. The van der Waals surface area contributed by atoms with E-state index in [-0.39, 0.29) is 0 Å². The Hall–Kier alpha value is -1.55. The van der Waals surface area contributed by atoms with Gasteiger partial charge in [-0.15, -0.1) is 0 Å². The summed E-state index contributed by atoms with van der Waals surface area (Å²) in [7, 11) is 0. The molecule has 1 aromatic carbocycles. The summed E-state index contributed by atoms with van der Waals surface area (Å²) in [5.74, 6) is -0.878. The first-order valence-electron chi connectivity index (χ1n) is 4.03. The second-order valence-electron chi connectivity index (χ2n) is 3.07. The highest BCUT2D eigenvalue weighted by Crippen LogP contribution is 2.30. The van der Waals surface area contributed by atoms with E-state index in [1.807, 2.05) is 12.1 Å². The van der Waals surface area contributed by atoms with Crippen molar-refractivity contribution in [1.29, 1.82) is 0 Å². The van der Waals surface area contributed by atoms with Crippen LogP contribution in [0.25, 0.3) is 0 Å². The Morgan fingerprint density at radius 3 is 3.08 bits per heavy atom. The maximum absolute atomic E-state index is 10.8. The standard InChI is InChI=1S/C9H10N2O2/c10-6-3-1-2-5-4-11-8(7(5)6)9(12)13/h1-3,8,11H,4,10H2,(H,12,13). The quantitative estimate of drug-likeness (QED) is 0.547. The van der Waals surface area contributed by atoms with Crippen LogP contribution in [0.15, 0.2) is 18.2 Å². The number of nitrogen functional groups attached to an aromatic ring is 1. The number of benzene rings is 1. The van der Waals surface area contributed by atoms with E-state index in [4.69, 9.17) is 10.8 Å². The summed E-state index contributed by atoms with van der Waals surface area (Å²) in [5.41, 5.74) is 7.94. The van der Waals surface area contributed by atoms with Gasteiger partial charge in [-0.05, 0) is 11.6 Å². The van der Waals surface area contributed by atoms with Gasteiger partial charge in [-0.1, -0.05) is 12.1 Å². The first-order chi connectivity index (χ1) is 6.20. The van der Waals surface area contributed by atoms with Crippen LogP contribution in [0, 0.1) is 0 Å². The van der Waals surface area contributed by atoms with Gasteiger partial charge in [-0.25, -0.2) is 0 Å². The molecule has 4 N–H and O–H groups in total. The minimum absolute atomic E-state index is 0.551. The molecule has 1 atom stereocenters. The van der Waals surface area contributed by atoms with E-state index in [1.54, 1.807) is 6.07 Å². The van der Waals surface area contributed by atoms with Crippen LogP contribution in [0.5, 0.6) is 0 Å². The van der Waals surface area contributed by atoms with Gasteiger partial charge in [0.1, 0.15) is 6.04 Å². The van der Waals surface area contributed by atoms with E-state index in [9.17, 15) is 4.79 Å². The molecular formula is C9H10N2O2. The molecule has 1 heterocycles. The van der Waals surface area contributed by atoms with Crippen molar-refractivity contribution >= 4 is 11.7 Å². The number of fused-ring (bicyclic) bond motifs is 1. The van der Waals surface area contributed by atoms with Gasteiger partial charge in [-0.3, -0.25) is 10.1 Å². The minimum atomic E-state index is -0.878. The molecule has 0 bridgehead atoms. The SMILES string of the molecule is Nc1cccc2c1C(C(=O)O)NC2. The Morgan fingerprint density at radius 1 is 1.62 bits per heavy atom. The summed E-state index contributed by atoms with van der Waals surface area (Å²) in [5, 5.41) is 11.7. The number of carbonyl (C=O) groups is 1. The van der Waals surface area contributed by atoms with Crippen LogP contribution in [0.3, 0.4) is 0 Å². The zero-order chi connectivity index (χ0) is 9.42. The van der Waals surface area contributed by atoms with Crippen molar-refractivity contribution in [3.8, 4) is 0 Å². The molecule has 0 fully saturated rings. The molecule has 0 saturated heterocycles. The fourth-order valence-corrected chi connectivity index (χ4v) is 1.66. The van der Waals surface area contributed by atoms with Crippen LogP contribution in [0.1, 0.15) is 17.2 Å². The summed E-state index contributed by atoms with van der Waals surface area (Å²) in [6, 6.07) is 4.81. The van der Waals surface area contributed by atoms with Gasteiger partial charge >= 0.3 is 5.97 Å². The van der Waals surface area contributed by atoms with Crippen LogP contribution in [-0.4, -0.2) is 11.1 Å². The molecule has 1 aromatic rings. The third-order valence-corrected chi connectivity index (χ3v) is 2.26. The number of nitrogens with one attached hydrogen (secondary N) is 1. The van der Waals surface area contributed by atoms with Gasteiger partial charge in [0.25, 0.3) is 0 Å². The summed E-state index contributed by atoms with van der Waals surface area (Å²) >= 11 is 0. The number of carboxylic acid groups (broad SMARTS) is 1. The Balaban J connectivity index is 2.52. The fraction of sp³-hybridized carbons (Fsp3) is 0.222. The highest BCUT2D eigenvalue weighted by Gasteiger charge is 2.29. The van der Waals surface area contributed by atoms with Crippen LogP contribution < -0.4 is 11.1 Å². The number of nitrogens with two attached hydrogens (primary N) is 1. The highest BCUT2D eigenvalue weighted by molar-refractivity contribution is 5.80. The first-order valence-corrected chi connectivity index (χ1v) is 4.03. The number of carboxylic acids is 1. The zero-order valence-electron chi connectivity index (χ0n) is 6.95. The predicted molar refractivity (Wildman–Crippen MR) is 48.1 cm³/mol. The van der Waals surface area contributed by atoms with Gasteiger partial charge < -0.3 is 10.8 Å². The fourth-order valence-electron chi connectivity index (χ4n) is 1.66. The maximum atomic E-state index is 10.8. The molecule has 2 rings (SSSR count). The Morgan fingerprint density at radius 2 is 2.38 bits per heavy atom. The lowest BCUT2D eigenvalue weighted by atomic mass is 10.0. The second-order valence-corrected chi connectivity index (χ2v) is 3.07. The lowest BCUT2D eigenvalue weighted by Crippen LogP contribution is -2.21.